The molecule has 2 aromatic carbocycles. The number of hydrogen-bond acceptors (Lipinski definition) is 5. The summed E-state index contributed by atoms with van der Waals surface area (Å²) < 4.78 is 5.28. The molecule has 0 saturated carbocycles. The Hall–Kier alpha value is -3.06. The lowest BCUT2D eigenvalue weighted by molar-refractivity contribution is -0.144. The van der Waals surface area contributed by atoms with Crippen molar-refractivity contribution < 1.29 is 24.2 Å². The molecular formula is C21H19NO5S. The van der Waals surface area contributed by atoms with E-state index in [9.17, 15) is 14.4 Å². The highest BCUT2D eigenvalue weighted by Crippen LogP contribution is 2.36. The molecule has 1 unspecified atom stereocenters. The quantitative estimate of drug-likeness (QED) is 0.730. The van der Waals surface area contributed by atoms with Crippen LogP contribution in [0, 0.1) is 0 Å². The van der Waals surface area contributed by atoms with Gasteiger partial charge in [-0.25, -0.2) is 9.69 Å². The van der Waals surface area contributed by atoms with Crippen LogP contribution in [0.25, 0.3) is 6.08 Å². The Labute approximate surface area is 166 Å². The Bertz CT molecular complexity index is 934. The molecule has 7 heteroatoms. The Morgan fingerprint density at radius 3 is 2.36 bits per heavy atom. The monoisotopic (exact) mass is 397 g/mol. The van der Waals surface area contributed by atoms with Crippen LogP contribution in [0.4, 0.5) is 10.5 Å². The number of aryl methyl sites for hydroxylation is 1. The van der Waals surface area contributed by atoms with Crippen molar-refractivity contribution in [2.45, 2.75) is 26.4 Å². The maximum absolute atomic E-state index is 12.7. The maximum Gasteiger partial charge on any atom is 0.344 e. The molecule has 0 bridgehead atoms. The fourth-order valence-corrected chi connectivity index (χ4v) is 3.46. The Balaban J connectivity index is 1.76. The highest BCUT2D eigenvalue weighted by atomic mass is 32.2. The molecule has 1 aliphatic rings. The van der Waals surface area contributed by atoms with Crippen molar-refractivity contribution in [2.75, 3.05) is 4.90 Å². The van der Waals surface area contributed by atoms with Crippen molar-refractivity contribution >= 4 is 40.6 Å². The standard InChI is InChI=1S/C21H19NO5S/c1-3-14-4-8-16(9-5-14)22-19(23)18(28-21(22)26)12-15-6-10-17(11-7-15)27-13(2)20(24)25/h4-13H,3H2,1-2H3,(H,24,25)/b18-12+. The summed E-state index contributed by atoms with van der Waals surface area (Å²) in [5, 5.41) is 8.54. The molecule has 0 aromatic heterocycles. The molecule has 3 rings (SSSR count). The number of carbonyl (C=O) groups is 3. The number of thioether (sulfide) groups is 1. The van der Waals surface area contributed by atoms with Crippen molar-refractivity contribution in [1.82, 2.24) is 0 Å². The van der Waals surface area contributed by atoms with Crippen LogP contribution in [-0.2, 0) is 16.0 Å². The molecule has 0 spiro atoms. The fraction of sp³-hybridized carbons (Fsp3) is 0.190. The van der Waals surface area contributed by atoms with Gasteiger partial charge < -0.3 is 9.84 Å². The number of aliphatic carboxylic acids is 1. The SMILES string of the molecule is CCc1ccc(N2C(=O)S/C(=C/c3ccc(OC(C)C(=O)O)cc3)C2=O)cc1. The van der Waals surface area contributed by atoms with Gasteiger partial charge in [0, 0.05) is 0 Å². The van der Waals surface area contributed by atoms with E-state index in [1.807, 2.05) is 19.1 Å². The van der Waals surface area contributed by atoms with Gasteiger partial charge in [0.25, 0.3) is 11.1 Å². The van der Waals surface area contributed by atoms with Crippen LogP contribution in [0.3, 0.4) is 0 Å². The molecule has 1 saturated heterocycles. The van der Waals surface area contributed by atoms with E-state index in [0.29, 0.717) is 21.9 Å². The summed E-state index contributed by atoms with van der Waals surface area (Å²) in [5.41, 5.74) is 2.39. The molecule has 1 N–H and O–H groups in total. The summed E-state index contributed by atoms with van der Waals surface area (Å²) >= 11 is 0.890. The van der Waals surface area contributed by atoms with Gasteiger partial charge in [0.2, 0.25) is 0 Å². The fourth-order valence-electron chi connectivity index (χ4n) is 2.62. The van der Waals surface area contributed by atoms with E-state index in [1.165, 1.54) is 11.8 Å². The molecule has 2 amide bonds. The van der Waals surface area contributed by atoms with Crippen molar-refractivity contribution in [2.24, 2.45) is 0 Å². The predicted molar refractivity (Wildman–Crippen MR) is 108 cm³/mol. The highest BCUT2D eigenvalue weighted by Gasteiger charge is 2.36. The number of benzene rings is 2. The van der Waals surface area contributed by atoms with Gasteiger partial charge in [-0.3, -0.25) is 9.59 Å². The maximum atomic E-state index is 12.7. The number of amides is 2. The molecule has 1 fully saturated rings. The van der Waals surface area contributed by atoms with Gasteiger partial charge in [-0.05, 0) is 66.6 Å². The summed E-state index contributed by atoms with van der Waals surface area (Å²) in [6.07, 6.45) is 1.56. The second-order valence-corrected chi connectivity index (χ2v) is 7.20. The van der Waals surface area contributed by atoms with E-state index in [-0.39, 0.29) is 11.1 Å². The second-order valence-electron chi connectivity index (χ2n) is 6.20. The number of anilines is 1. The summed E-state index contributed by atoms with van der Waals surface area (Å²) in [4.78, 5) is 37.4. The van der Waals surface area contributed by atoms with E-state index in [4.69, 9.17) is 9.84 Å². The number of rotatable bonds is 6. The topological polar surface area (TPSA) is 83.9 Å². The van der Waals surface area contributed by atoms with E-state index < -0.39 is 12.1 Å². The first-order valence-corrected chi connectivity index (χ1v) is 9.57. The van der Waals surface area contributed by atoms with Gasteiger partial charge in [-0.1, -0.05) is 31.2 Å². The van der Waals surface area contributed by atoms with Crippen LogP contribution in [0.5, 0.6) is 5.75 Å². The van der Waals surface area contributed by atoms with Crippen molar-refractivity contribution in [1.29, 1.82) is 0 Å². The van der Waals surface area contributed by atoms with Crippen LogP contribution in [0.15, 0.2) is 53.4 Å². The average molecular weight is 397 g/mol. The van der Waals surface area contributed by atoms with E-state index in [1.54, 1.807) is 42.5 Å². The minimum absolute atomic E-state index is 0.331. The zero-order chi connectivity index (χ0) is 20.3. The lowest BCUT2D eigenvalue weighted by Crippen LogP contribution is -2.27. The number of ether oxygens (including phenoxy) is 1. The second kappa shape index (κ2) is 8.31. The lowest BCUT2D eigenvalue weighted by Gasteiger charge is -2.12. The van der Waals surface area contributed by atoms with Gasteiger partial charge in [0.15, 0.2) is 6.10 Å². The van der Waals surface area contributed by atoms with Crippen molar-refractivity contribution in [3.05, 3.63) is 64.6 Å². The molecule has 144 valence electrons. The van der Waals surface area contributed by atoms with Crippen LogP contribution < -0.4 is 9.64 Å². The third-order valence-corrected chi connectivity index (χ3v) is 5.10. The number of carbonyl (C=O) groups excluding carboxylic acids is 2. The number of carboxylic acid groups (broad SMARTS) is 1. The zero-order valence-electron chi connectivity index (χ0n) is 15.4. The third-order valence-electron chi connectivity index (χ3n) is 4.23. The van der Waals surface area contributed by atoms with Crippen molar-refractivity contribution in [3.63, 3.8) is 0 Å². The molecule has 6 nitrogen and oxygen atoms in total. The molecule has 28 heavy (non-hydrogen) atoms. The van der Waals surface area contributed by atoms with Gasteiger partial charge in [-0.15, -0.1) is 0 Å². The number of imide groups is 1. The van der Waals surface area contributed by atoms with Gasteiger partial charge in [-0.2, -0.15) is 0 Å². The summed E-state index contributed by atoms with van der Waals surface area (Å²) in [5.74, 6) is -1.00. The van der Waals surface area contributed by atoms with Crippen LogP contribution >= 0.6 is 11.8 Å². The van der Waals surface area contributed by atoms with Crippen molar-refractivity contribution in [3.8, 4) is 5.75 Å². The average Bonchev–Trinajstić information content (AvgIpc) is 2.96. The van der Waals surface area contributed by atoms with E-state index in [2.05, 4.69) is 0 Å². The number of carboxylic acids is 1. The predicted octanol–water partition coefficient (Wildman–Crippen LogP) is 4.34. The van der Waals surface area contributed by atoms with Gasteiger partial charge in [0.05, 0.1) is 10.6 Å². The van der Waals surface area contributed by atoms with Crippen LogP contribution in [0.1, 0.15) is 25.0 Å². The third kappa shape index (κ3) is 4.26. The van der Waals surface area contributed by atoms with E-state index >= 15 is 0 Å². The summed E-state index contributed by atoms with van der Waals surface area (Å²) in [6.45, 7) is 3.48. The lowest BCUT2D eigenvalue weighted by atomic mass is 10.1. The molecule has 2 aromatic rings. The smallest absolute Gasteiger partial charge is 0.344 e. The van der Waals surface area contributed by atoms with Gasteiger partial charge in [0.1, 0.15) is 5.75 Å². The highest BCUT2D eigenvalue weighted by molar-refractivity contribution is 8.19. The molecular weight excluding hydrogens is 378 g/mol. The molecule has 1 aliphatic heterocycles. The molecule has 1 atom stereocenters. The number of hydrogen-bond donors (Lipinski definition) is 1. The summed E-state index contributed by atoms with van der Waals surface area (Å²) in [7, 11) is 0. The number of nitrogens with zero attached hydrogens (tertiary/aromatic N) is 1. The summed E-state index contributed by atoms with van der Waals surface area (Å²) in [6, 6.07) is 14.0. The first kappa shape index (κ1) is 19.7. The Kier molecular flexibility index (Phi) is 5.84. The van der Waals surface area contributed by atoms with Crippen LogP contribution in [0.2, 0.25) is 0 Å². The van der Waals surface area contributed by atoms with Gasteiger partial charge >= 0.3 is 5.97 Å². The molecule has 1 heterocycles. The van der Waals surface area contributed by atoms with Crippen LogP contribution in [-0.4, -0.2) is 28.3 Å². The Morgan fingerprint density at radius 2 is 1.79 bits per heavy atom. The molecule has 0 aliphatic carbocycles. The largest absolute Gasteiger partial charge is 0.479 e. The van der Waals surface area contributed by atoms with E-state index in [0.717, 1.165) is 23.7 Å². The minimum Gasteiger partial charge on any atom is -0.479 e. The first-order chi connectivity index (χ1) is 13.4. The minimum atomic E-state index is -1.05. The first-order valence-electron chi connectivity index (χ1n) is 8.75. The zero-order valence-corrected chi connectivity index (χ0v) is 16.2. The molecule has 0 radical (unpaired) electrons. The normalized spacial score (nSPS) is 16.5. The Morgan fingerprint density at radius 1 is 1.14 bits per heavy atom.